The highest BCUT2D eigenvalue weighted by molar-refractivity contribution is 5.94. The molecule has 3 aromatic rings. The van der Waals surface area contributed by atoms with Gasteiger partial charge in [0.25, 0.3) is 5.91 Å². The average molecular weight is 434 g/mol. The summed E-state index contributed by atoms with van der Waals surface area (Å²) in [4.78, 5) is 32.3. The third-order valence-corrected chi connectivity index (χ3v) is 4.59. The second-order valence-electron chi connectivity index (χ2n) is 7.73. The molecule has 2 amide bonds. The predicted octanol–water partition coefficient (Wildman–Crippen LogP) is 3.54. The van der Waals surface area contributed by atoms with Crippen molar-refractivity contribution in [2.75, 3.05) is 12.3 Å². The summed E-state index contributed by atoms with van der Waals surface area (Å²) in [7, 11) is 0. The van der Waals surface area contributed by atoms with E-state index in [0.29, 0.717) is 30.3 Å². The molecular formula is C24H27N5O3. The maximum absolute atomic E-state index is 12.5. The molecule has 32 heavy (non-hydrogen) atoms. The van der Waals surface area contributed by atoms with Crippen LogP contribution in [0.4, 0.5) is 10.7 Å². The fourth-order valence-electron chi connectivity index (χ4n) is 2.93. The Balaban J connectivity index is 1.52. The molecule has 0 radical (unpaired) electrons. The van der Waals surface area contributed by atoms with Crippen LogP contribution >= 0.6 is 0 Å². The van der Waals surface area contributed by atoms with Crippen LogP contribution in [0.25, 0.3) is 11.3 Å². The molecule has 0 aliphatic rings. The van der Waals surface area contributed by atoms with E-state index in [9.17, 15) is 9.59 Å². The molecule has 0 spiro atoms. The Morgan fingerprint density at radius 3 is 2.50 bits per heavy atom. The molecule has 0 saturated carbocycles. The van der Waals surface area contributed by atoms with Crippen LogP contribution in [0.2, 0.25) is 0 Å². The monoisotopic (exact) mass is 433 g/mol. The Kier molecular flexibility index (Phi) is 7.75. The lowest BCUT2D eigenvalue weighted by Crippen LogP contribution is -2.27. The number of hydrogen-bond acceptors (Lipinski definition) is 6. The molecule has 0 unspecified atom stereocenters. The molecule has 0 bridgehead atoms. The fraction of sp³-hybridized carbons (Fsp3) is 0.250. The Labute approximate surface area is 187 Å². The predicted molar refractivity (Wildman–Crippen MR) is 123 cm³/mol. The third kappa shape index (κ3) is 6.80. The average Bonchev–Trinajstić information content (AvgIpc) is 2.80. The molecule has 8 heteroatoms. The van der Waals surface area contributed by atoms with Crippen LogP contribution in [0.15, 0.2) is 60.8 Å². The minimum atomic E-state index is -0.439. The molecule has 0 aliphatic heterocycles. The first kappa shape index (κ1) is 22.7. The second kappa shape index (κ2) is 10.9. The number of anilines is 1. The molecule has 1 aromatic heterocycles. The van der Waals surface area contributed by atoms with Gasteiger partial charge in [0.1, 0.15) is 6.61 Å². The normalized spacial score (nSPS) is 10.6. The number of nitrogens with one attached hydrogen (secondary N) is 2. The summed E-state index contributed by atoms with van der Waals surface area (Å²) < 4.78 is 5.23. The quantitative estimate of drug-likeness (QED) is 0.500. The zero-order chi connectivity index (χ0) is 22.9. The molecule has 3 rings (SSSR count). The molecule has 2 aromatic carbocycles. The number of benzene rings is 2. The maximum Gasteiger partial charge on any atom is 0.407 e. The molecule has 0 aliphatic carbocycles. The number of rotatable bonds is 8. The van der Waals surface area contributed by atoms with Crippen molar-refractivity contribution >= 4 is 17.9 Å². The number of ether oxygens (including phenoxy) is 1. The smallest absolute Gasteiger partial charge is 0.407 e. The Bertz CT molecular complexity index is 1070. The van der Waals surface area contributed by atoms with Crippen molar-refractivity contribution in [2.24, 2.45) is 5.92 Å². The van der Waals surface area contributed by atoms with Gasteiger partial charge in [-0.25, -0.2) is 14.8 Å². The van der Waals surface area contributed by atoms with E-state index in [2.05, 4.69) is 20.6 Å². The standard InChI is InChI=1S/C24H27N5O3/c1-16(2)13-28-24(31)32-15-18-5-3-4-17(12-18)14-27-22(30)20-8-6-19(7-9-20)21-10-11-26-23(25)29-21/h3-12,16H,13-15H2,1-2H3,(H,27,30)(H,28,31)(H2,25,26,29). The van der Waals surface area contributed by atoms with Crippen molar-refractivity contribution in [2.45, 2.75) is 27.0 Å². The highest BCUT2D eigenvalue weighted by Crippen LogP contribution is 2.18. The first-order valence-electron chi connectivity index (χ1n) is 10.4. The summed E-state index contributed by atoms with van der Waals surface area (Å²) >= 11 is 0. The van der Waals surface area contributed by atoms with Gasteiger partial charge in [-0.15, -0.1) is 0 Å². The van der Waals surface area contributed by atoms with Gasteiger partial charge in [0, 0.05) is 30.4 Å². The van der Waals surface area contributed by atoms with Crippen LogP contribution in [0.5, 0.6) is 0 Å². The van der Waals surface area contributed by atoms with Crippen molar-refractivity contribution in [1.29, 1.82) is 0 Å². The Morgan fingerprint density at radius 1 is 1.03 bits per heavy atom. The van der Waals surface area contributed by atoms with E-state index in [1.165, 1.54) is 0 Å². The van der Waals surface area contributed by atoms with Gasteiger partial charge in [-0.1, -0.05) is 50.2 Å². The first-order valence-corrected chi connectivity index (χ1v) is 10.4. The van der Waals surface area contributed by atoms with Gasteiger partial charge in [-0.2, -0.15) is 0 Å². The molecule has 1 heterocycles. The lowest BCUT2D eigenvalue weighted by Gasteiger charge is -2.10. The second-order valence-corrected chi connectivity index (χ2v) is 7.73. The van der Waals surface area contributed by atoms with Gasteiger partial charge in [-0.05, 0) is 35.2 Å². The van der Waals surface area contributed by atoms with Gasteiger partial charge in [0.2, 0.25) is 5.95 Å². The van der Waals surface area contributed by atoms with Crippen molar-refractivity contribution in [3.8, 4) is 11.3 Å². The zero-order valence-electron chi connectivity index (χ0n) is 18.2. The van der Waals surface area contributed by atoms with Crippen molar-refractivity contribution < 1.29 is 14.3 Å². The molecule has 4 N–H and O–H groups in total. The number of nitrogens with zero attached hydrogens (tertiary/aromatic N) is 2. The highest BCUT2D eigenvalue weighted by atomic mass is 16.5. The van der Waals surface area contributed by atoms with Crippen LogP contribution in [0.1, 0.15) is 35.3 Å². The van der Waals surface area contributed by atoms with Crippen LogP contribution < -0.4 is 16.4 Å². The number of alkyl carbamates (subject to hydrolysis) is 1. The number of amides is 2. The molecule has 0 atom stereocenters. The number of hydrogen-bond donors (Lipinski definition) is 3. The Morgan fingerprint density at radius 2 is 1.78 bits per heavy atom. The van der Waals surface area contributed by atoms with Gasteiger partial charge < -0.3 is 21.1 Å². The van der Waals surface area contributed by atoms with Gasteiger partial charge in [0.15, 0.2) is 0 Å². The van der Waals surface area contributed by atoms with E-state index in [-0.39, 0.29) is 18.5 Å². The van der Waals surface area contributed by atoms with Crippen LogP contribution in [0, 0.1) is 5.92 Å². The number of aromatic nitrogens is 2. The van der Waals surface area contributed by atoms with Gasteiger partial charge in [0.05, 0.1) is 5.69 Å². The summed E-state index contributed by atoms with van der Waals surface area (Å²) in [5, 5.41) is 5.61. The summed E-state index contributed by atoms with van der Waals surface area (Å²) in [6.45, 7) is 5.12. The minimum absolute atomic E-state index is 0.167. The molecule has 0 fully saturated rings. The van der Waals surface area contributed by atoms with E-state index in [1.54, 1.807) is 24.4 Å². The lowest BCUT2D eigenvalue weighted by atomic mass is 10.1. The number of nitrogens with two attached hydrogens (primary N) is 1. The van der Waals surface area contributed by atoms with E-state index < -0.39 is 6.09 Å². The molecular weight excluding hydrogens is 406 g/mol. The molecule has 166 valence electrons. The van der Waals surface area contributed by atoms with Crippen molar-refractivity contribution in [1.82, 2.24) is 20.6 Å². The largest absolute Gasteiger partial charge is 0.445 e. The van der Waals surface area contributed by atoms with Crippen LogP contribution in [-0.2, 0) is 17.9 Å². The van der Waals surface area contributed by atoms with Gasteiger partial charge in [-0.3, -0.25) is 4.79 Å². The maximum atomic E-state index is 12.5. The zero-order valence-corrected chi connectivity index (χ0v) is 18.2. The lowest BCUT2D eigenvalue weighted by molar-refractivity contribution is 0.0951. The summed E-state index contributed by atoms with van der Waals surface area (Å²) in [5.41, 5.74) is 9.47. The SMILES string of the molecule is CC(C)CNC(=O)OCc1cccc(CNC(=O)c2ccc(-c3ccnc(N)n3)cc2)c1. The highest BCUT2D eigenvalue weighted by Gasteiger charge is 2.08. The Hall–Kier alpha value is -3.94. The fourth-order valence-corrected chi connectivity index (χ4v) is 2.93. The molecule has 0 saturated heterocycles. The minimum Gasteiger partial charge on any atom is -0.445 e. The van der Waals surface area contributed by atoms with E-state index in [0.717, 1.165) is 16.7 Å². The first-order chi connectivity index (χ1) is 15.4. The summed E-state index contributed by atoms with van der Waals surface area (Å²) in [5.74, 6) is 0.374. The number of carbonyl (C=O) groups is 2. The van der Waals surface area contributed by atoms with Crippen LogP contribution in [0.3, 0.4) is 0 Å². The van der Waals surface area contributed by atoms with E-state index in [4.69, 9.17) is 10.5 Å². The molecule has 8 nitrogen and oxygen atoms in total. The number of carbonyl (C=O) groups excluding carboxylic acids is 2. The summed E-state index contributed by atoms with van der Waals surface area (Å²) in [6, 6.07) is 16.4. The number of nitrogen functional groups attached to an aromatic ring is 1. The van der Waals surface area contributed by atoms with E-state index >= 15 is 0 Å². The third-order valence-electron chi connectivity index (χ3n) is 4.59. The summed E-state index contributed by atoms with van der Waals surface area (Å²) in [6.07, 6.45) is 1.15. The van der Waals surface area contributed by atoms with Gasteiger partial charge >= 0.3 is 6.09 Å². The van der Waals surface area contributed by atoms with Crippen molar-refractivity contribution in [3.05, 3.63) is 77.5 Å². The van der Waals surface area contributed by atoms with Crippen molar-refractivity contribution in [3.63, 3.8) is 0 Å². The van der Waals surface area contributed by atoms with E-state index in [1.807, 2.05) is 50.2 Å². The van der Waals surface area contributed by atoms with Crippen LogP contribution in [-0.4, -0.2) is 28.5 Å². The topological polar surface area (TPSA) is 119 Å².